The second-order valence-electron chi connectivity index (χ2n) is 7.72. The zero-order chi connectivity index (χ0) is 24.0. The van der Waals surface area contributed by atoms with E-state index in [0.717, 1.165) is 11.3 Å². The average Bonchev–Trinajstić information content (AvgIpc) is 2.81. The molecule has 8 heteroatoms. The van der Waals surface area contributed by atoms with Gasteiger partial charge in [-0.25, -0.2) is 8.42 Å². The number of hydrogen-bond acceptors (Lipinski definition) is 5. The molecular weight excluding hydrogens is 440 g/mol. The van der Waals surface area contributed by atoms with E-state index in [1.54, 1.807) is 85.9 Å². The Morgan fingerprint density at radius 3 is 2.12 bits per heavy atom. The molecule has 3 rings (SSSR count). The van der Waals surface area contributed by atoms with Gasteiger partial charge in [0.1, 0.15) is 18.5 Å². The van der Waals surface area contributed by atoms with E-state index in [0.29, 0.717) is 11.4 Å². The van der Waals surface area contributed by atoms with Crippen molar-refractivity contribution in [3.8, 4) is 5.75 Å². The standard InChI is InChI=1S/C25H28N2O5S/c1-19-9-15-25(16-10-19)33(30,31)27(22-7-5-4-6-8-22)17-23(29)18-32-24-13-11-21(12-14-24)26(3)20(2)28/h4-16,23,29H,17-18H2,1-3H3/t23-/m1/s1. The molecule has 33 heavy (non-hydrogen) atoms. The first-order valence-corrected chi connectivity index (χ1v) is 11.9. The normalized spacial score (nSPS) is 12.1. The van der Waals surface area contributed by atoms with Crippen LogP contribution in [0.3, 0.4) is 0 Å². The summed E-state index contributed by atoms with van der Waals surface area (Å²) in [6.45, 7) is 3.08. The number of rotatable bonds is 9. The molecule has 0 aliphatic heterocycles. The molecule has 0 saturated heterocycles. The topological polar surface area (TPSA) is 87.2 Å². The van der Waals surface area contributed by atoms with E-state index in [1.807, 2.05) is 6.92 Å². The number of aliphatic hydroxyl groups is 1. The molecule has 1 N–H and O–H groups in total. The summed E-state index contributed by atoms with van der Waals surface area (Å²) in [5, 5.41) is 10.6. The highest BCUT2D eigenvalue weighted by Gasteiger charge is 2.27. The van der Waals surface area contributed by atoms with Gasteiger partial charge in [-0.15, -0.1) is 0 Å². The van der Waals surface area contributed by atoms with Gasteiger partial charge in [-0.05, 0) is 55.5 Å². The second-order valence-corrected chi connectivity index (χ2v) is 9.58. The van der Waals surface area contributed by atoms with Crippen molar-refractivity contribution in [2.24, 2.45) is 0 Å². The molecule has 3 aromatic rings. The Bertz CT molecular complexity index is 1160. The Morgan fingerprint density at radius 2 is 1.55 bits per heavy atom. The Morgan fingerprint density at radius 1 is 0.939 bits per heavy atom. The lowest BCUT2D eigenvalue weighted by molar-refractivity contribution is -0.116. The highest BCUT2D eigenvalue weighted by atomic mass is 32.2. The lowest BCUT2D eigenvalue weighted by Gasteiger charge is -2.27. The van der Waals surface area contributed by atoms with Crippen LogP contribution in [0.2, 0.25) is 0 Å². The molecule has 0 heterocycles. The SMILES string of the molecule is CC(=O)N(C)c1ccc(OC[C@H](O)CN(c2ccccc2)S(=O)(=O)c2ccc(C)cc2)cc1. The molecule has 1 atom stereocenters. The number of benzene rings is 3. The van der Waals surface area contributed by atoms with Crippen LogP contribution in [0.15, 0.2) is 83.8 Å². The number of ether oxygens (including phenoxy) is 1. The zero-order valence-electron chi connectivity index (χ0n) is 18.9. The van der Waals surface area contributed by atoms with Crippen LogP contribution in [0, 0.1) is 6.92 Å². The number of carbonyl (C=O) groups is 1. The van der Waals surface area contributed by atoms with Crippen molar-refractivity contribution in [1.29, 1.82) is 0 Å². The fraction of sp³-hybridized carbons (Fsp3) is 0.240. The third-order valence-corrected chi connectivity index (χ3v) is 6.98. The predicted molar refractivity (Wildman–Crippen MR) is 129 cm³/mol. The van der Waals surface area contributed by atoms with E-state index in [1.165, 1.54) is 16.1 Å². The minimum atomic E-state index is -3.89. The third-order valence-electron chi connectivity index (χ3n) is 5.17. The van der Waals surface area contributed by atoms with Crippen molar-refractivity contribution in [1.82, 2.24) is 0 Å². The quantitative estimate of drug-likeness (QED) is 0.518. The van der Waals surface area contributed by atoms with E-state index < -0.39 is 16.1 Å². The number of nitrogens with zero attached hydrogens (tertiary/aromatic N) is 2. The minimum absolute atomic E-state index is 0.0881. The van der Waals surface area contributed by atoms with E-state index in [-0.39, 0.29) is 24.0 Å². The smallest absolute Gasteiger partial charge is 0.264 e. The van der Waals surface area contributed by atoms with Gasteiger partial charge in [0.25, 0.3) is 10.0 Å². The second kappa shape index (κ2) is 10.5. The molecule has 3 aromatic carbocycles. The van der Waals surface area contributed by atoms with Gasteiger partial charge in [0, 0.05) is 19.7 Å². The fourth-order valence-electron chi connectivity index (χ4n) is 3.16. The summed E-state index contributed by atoms with van der Waals surface area (Å²) >= 11 is 0. The van der Waals surface area contributed by atoms with Crippen LogP contribution in [0.5, 0.6) is 5.75 Å². The summed E-state index contributed by atoms with van der Waals surface area (Å²) in [6.07, 6.45) is -1.08. The summed E-state index contributed by atoms with van der Waals surface area (Å²) < 4.78 is 33.6. The summed E-state index contributed by atoms with van der Waals surface area (Å²) in [7, 11) is -2.22. The van der Waals surface area contributed by atoms with Crippen LogP contribution in [-0.2, 0) is 14.8 Å². The molecule has 0 bridgehead atoms. The number of aliphatic hydroxyl groups excluding tert-OH is 1. The monoisotopic (exact) mass is 468 g/mol. The Labute approximate surface area is 194 Å². The number of sulfonamides is 1. The largest absolute Gasteiger partial charge is 0.491 e. The zero-order valence-corrected chi connectivity index (χ0v) is 19.7. The van der Waals surface area contributed by atoms with Crippen LogP contribution in [-0.4, -0.2) is 45.7 Å². The number of anilines is 2. The van der Waals surface area contributed by atoms with Crippen LogP contribution >= 0.6 is 0 Å². The van der Waals surface area contributed by atoms with Gasteiger partial charge in [-0.3, -0.25) is 9.10 Å². The molecule has 0 unspecified atom stereocenters. The summed E-state index contributed by atoms with van der Waals surface area (Å²) in [6, 6.07) is 22.1. The van der Waals surface area contributed by atoms with Crippen LogP contribution < -0.4 is 13.9 Å². The van der Waals surface area contributed by atoms with E-state index in [9.17, 15) is 18.3 Å². The molecular formula is C25H28N2O5S. The summed E-state index contributed by atoms with van der Waals surface area (Å²) in [5.74, 6) is 0.414. The molecule has 0 aromatic heterocycles. The number of aryl methyl sites for hydroxylation is 1. The first-order valence-electron chi connectivity index (χ1n) is 10.5. The van der Waals surface area contributed by atoms with Crippen LogP contribution in [0.25, 0.3) is 0 Å². The number of carbonyl (C=O) groups excluding carboxylic acids is 1. The molecule has 174 valence electrons. The number of para-hydroxylation sites is 1. The van der Waals surface area contributed by atoms with Crippen molar-refractivity contribution >= 4 is 27.3 Å². The van der Waals surface area contributed by atoms with Crippen molar-refractivity contribution in [3.63, 3.8) is 0 Å². The molecule has 0 radical (unpaired) electrons. The van der Waals surface area contributed by atoms with Gasteiger partial charge in [0.05, 0.1) is 17.1 Å². The van der Waals surface area contributed by atoms with Gasteiger partial charge in [0.2, 0.25) is 5.91 Å². The average molecular weight is 469 g/mol. The van der Waals surface area contributed by atoms with Gasteiger partial charge >= 0.3 is 0 Å². The highest BCUT2D eigenvalue weighted by molar-refractivity contribution is 7.92. The number of hydrogen-bond donors (Lipinski definition) is 1. The van der Waals surface area contributed by atoms with Crippen molar-refractivity contribution in [2.75, 3.05) is 29.4 Å². The molecule has 0 saturated carbocycles. The molecule has 0 spiro atoms. The van der Waals surface area contributed by atoms with Crippen molar-refractivity contribution in [2.45, 2.75) is 24.8 Å². The highest BCUT2D eigenvalue weighted by Crippen LogP contribution is 2.25. The van der Waals surface area contributed by atoms with E-state index in [2.05, 4.69) is 0 Å². The predicted octanol–water partition coefficient (Wildman–Crippen LogP) is 3.61. The molecule has 0 aliphatic carbocycles. The lowest BCUT2D eigenvalue weighted by Crippen LogP contribution is -2.39. The molecule has 0 aliphatic rings. The van der Waals surface area contributed by atoms with Crippen molar-refractivity contribution < 1.29 is 23.1 Å². The van der Waals surface area contributed by atoms with Crippen LogP contribution in [0.1, 0.15) is 12.5 Å². The summed E-state index contributed by atoms with van der Waals surface area (Å²) in [5.41, 5.74) is 2.12. The first-order chi connectivity index (χ1) is 15.7. The number of amides is 1. The third kappa shape index (κ3) is 6.12. The van der Waals surface area contributed by atoms with Crippen LogP contribution in [0.4, 0.5) is 11.4 Å². The van der Waals surface area contributed by atoms with Gasteiger partial charge in [-0.1, -0.05) is 35.9 Å². The van der Waals surface area contributed by atoms with Crippen molar-refractivity contribution in [3.05, 3.63) is 84.4 Å². The lowest BCUT2D eigenvalue weighted by atomic mass is 10.2. The Balaban J connectivity index is 1.74. The van der Waals surface area contributed by atoms with Gasteiger partial charge < -0.3 is 14.7 Å². The maximum absolute atomic E-state index is 13.4. The van der Waals surface area contributed by atoms with E-state index >= 15 is 0 Å². The molecule has 7 nitrogen and oxygen atoms in total. The van der Waals surface area contributed by atoms with E-state index in [4.69, 9.17) is 4.74 Å². The molecule has 0 fully saturated rings. The van der Waals surface area contributed by atoms with Gasteiger partial charge in [-0.2, -0.15) is 0 Å². The maximum Gasteiger partial charge on any atom is 0.264 e. The molecule has 1 amide bonds. The summed E-state index contributed by atoms with van der Waals surface area (Å²) in [4.78, 5) is 13.1. The van der Waals surface area contributed by atoms with Gasteiger partial charge in [0.15, 0.2) is 0 Å². The first kappa shape index (κ1) is 24.3. The Hall–Kier alpha value is -3.36. The minimum Gasteiger partial charge on any atom is -0.491 e. The maximum atomic E-state index is 13.4. The Kier molecular flexibility index (Phi) is 7.73. The fourth-order valence-corrected chi connectivity index (χ4v) is 4.66.